The molecule has 46 heavy (non-hydrogen) atoms. The van der Waals surface area contributed by atoms with Crippen molar-refractivity contribution in [1.82, 2.24) is 19.9 Å². The third kappa shape index (κ3) is 8.79. The minimum absolute atomic E-state index is 0. The van der Waals surface area contributed by atoms with Gasteiger partial charge in [-0.2, -0.15) is 0 Å². The zero-order chi connectivity index (χ0) is 31.4. The number of aromatic nitrogens is 4. The summed E-state index contributed by atoms with van der Waals surface area (Å²) >= 11 is 0. The molecule has 3 aromatic rings. The number of nitrogens with zero attached hydrogens (tertiary/aromatic N) is 4. The van der Waals surface area contributed by atoms with Crippen molar-refractivity contribution in [2.75, 3.05) is 0 Å². The molecule has 0 N–H and O–H groups in total. The first-order valence-electron chi connectivity index (χ1n) is 17.8. The van der Waals surface area contributed by atoms with Crippen LogP contribution in [0.25, 0.3) is 46.4 Å². The molecule has 0 aromatic carbocycles. The molecule has 0 saturated carbocycles. The zero-order valence-corrected chi connectivity index (χ0v) is 29.3. The molecule has 0 amide bonds. The van der Waals surface area contributed by atoms with E-state index in [0.717, 1.165) is 95.4 Å². The van der Waals surface area contributed by atoms with E-state index in [1.54, 1.807) is 0 Å². The molecule has 0 unspecified atom stereocenters. The first-order valence-corrected chi connectivity index (χ1v) is 17.8. The molecule has 0 atom stereocenters. The summed E-state index contributed by atoms with van der Waals surface area (Å²) in [6, 6.07) is 8.89. The van der Waals surface area contributed by atoms with Gasteiger partial charge in [0.1, 0.15) is 0 Å². The maximum absolute atomic E-state index is 5.33. The first-order chi connectivity index (χ1) is 22.2. The Hall–Kier alpha value is -3.17. The summed E-state index contributed by atoms with van der Waals surface area (Å²) in [5, 5.41) is 0. The molecular formula is C41H52N4Ni. The van der Waals surface area contributed by atoms with E-state index in [1.165, 1.54) is 74.5 Å². The molecule has 4 nitrogen and oxygen atoms in total. The number of allylic oxidation sites excluding steroid dienone is 1. The van der Waals surface area contributed by atoms with E-state index in [2.05, 4.69) is 75.9 Å². The third-order valence-electron chi connectivity index (χ3n) is 9.22. The van der Waals surface area contributed by atoms with Crippen molar-refractivity contribution in [2.45, 2.75) is 124 Å². The summed E-state index contributed by atoms with van der Waals surface area (Å²) in [4.78, 5) is 21.2. The standard InChI is InChI=1S/C41H52N4.Ni/c1-5-9-12-15-19-31-36-24-22-34(42-36)30(18-8-4)35-23-25-37(43-35)32(20-16-13-10-6-2)39-27-29-41(45-39)33(21-17-14-11-7-3)40-28-26-38(31)44-40;/h8,22-29H,4-7,9-21H2,1-3H3;/q-2;+2. The van der Waals surface area contributed by atoms with Gasteiger partial charge in [-0.25, -0.2) is 9.97 Å². The smallest absolute Gasteiger partial charge is 0.657 e. The van der Waals surface area contributed by atoms with Crippen molar-refractivity contribution in [3.05, 3.63) is 81.9 Å². The van der Waals surface area contributed by atoms with Gasteiger partial charge in [0.2, 0.25) is 0 Å². The number of unbranched alkanes of at least 4 members (excludes halogenated alkanes) is 9. The number of fused-ring (bicyclic) bond motifs is 8. The fourth-order valence-electron chi connectivity index (χ4n) is 6.63. The largest absolute Gasteiger partial charge is 2.00 e. The number of aryl methyl sites for hydroxylation is 3. The molecule has 5 heterocycles. The van der Waals surface area contributed by atoms with Crippen LogP contribution in [-0.2, 0) is 42.2 Å². The Morgan fingerprint density at radius 1 is 0.500 bits per heavy atom. The van der Waals surface area contributed by atoms with Gasteiger partial charge in [0.25, 0.3) is 0 Å². The molecule has 0 radical (unpaired) electrons. The quantitative estimate of drug-likeness (QED) is 0.0566. The SMILES string of the molecule is C=CCc1c2nc(c(CCCCCC)c3ccc([n-]3)c(CCCCCC)c3ccc([n-]3)c(CCCCCC)c3nc1C=C3)C=C2.[Ni+2]. The Morgan fingerprint density at radius 2 is 0.848 bits per heavy atom. The van der Waals surface area contributed by atoms with Gasteiger partial charge in [0.15, 0.2) is 0 Å². The molecule has 246 valence electrons. The van der Waals surface area contributed by atoms with E-state index in [1.807, 2.05) is 6.08 Å². The van der Waals surface area contributed by atoms with E-state index in [0.29, 0.717) is 0 Å². The van der Waals surface area contributed by atoms with E-state index >= 15 is 0 Å². The second kappa shape index (κ2) is 18.2. The van der Waals surface area contributed by atoms with Crippen molar-refractivity contribution in [3.63, 3.8) is 0 Å². The monoisotopic (exact) mass is 658 g/mol. The topological polar surface area (TPSA) is 54.0 Å². The molecule has 2 aliphatic heterocycles. The maximum Gasteiger partial charge on any atom is 2.00 e. The van der Waals surface area contributed by atoms with Crippen LogP contribution in [0.2, 0.25) is 0 Å². The van der Waals surface area contributed by atoms with Crippen LogP contribution in [0.4, 0.5) is 0 Å². The first kappa shape index (κ1) is 35.7. The molecule has 2 aliphatic rings. The fourth-order valence-corrected chi connectivity index (χ4v) is 6.63. The van der Waals surface area contributed by atoms with Crippen LogP contribution in [0.5, 0.6) is 0 Å². The minimum Gasteiger partial charge on any atom is -0.657 e. The Kier molecular flexibility index (Phi) is 14.2. The molecule has 0 fully saturated rings. The van der Waals surface area contributed by atoms with E-state index in [9.17, 15) is 0 Å². The van der Waals surface area contributed by atoms with Gasteiger partial charge in [0.05, 0.1) is 22.8 Å². The van der Waals surface area contributed by atoms with Gasteiger partial charge in [-0.3, -0.25) is 0 Å². The minimum atomic E-state index is 0. The predicted octanol–water partition coefficient (Wildman–Crippen LogP) is 11.0. The van der Waals surface area contributed by atoms with Crippen molar-refractivity contribution in [2.24, 2.45) is 0 Å². The third-order valence-corrected chi connectivity index (χ3v) is 9.22. The van der Waals surface area contributed by atoms with Crippen LogP contribution in [0.1, 0.15) is 143 Å². The van der Waals surface area contributed by atoms with Gasteiger partial charge >= 0.3 is 16.5 Å². The van der Waals surface area contributed by atoms with Crippen LogP contribution in [0, 0.1) is 0 Å². The summed E-state index contributed by atoms with van der Waals surface area (Å²) in [6.07, 6.45) is 28.9. The normalized spacial score (nSPS) is 12.1. The molecule has 5 heteroatoms. The van der Waals surface area contributed by atoms with Gasteiger partial charge in [0, 0.05) is 5.56 Å². The molecule has 0 saturated heterocycles. The summed E-state index contributed by atoms with van der Waals surface area (Å²) in [6.45, 7) is 10.9. The van der Waals surface area contributed by atoms with Gasteiger partial charge in [-0.1, -0.05) is 114 Å². The Bertz CT molecular complexity index is 1560. The van der Waals surface area contributed by atoms with Gasteiger partial charge in [-0.05, 0) is 80.4 Å². The van der Waals surface area contributed by atoms with Gasteiger partial charge < -0.3 is 9.97 Å². The van der Waals surface area contributed by atoms with Crippen molar-refractivity contribution in [3.8, 4) is 0 Å². The molecule has 8 bridgehead atoms. The summed E-state index contributed by atoms with van der Waals surface area (Å²) in [5.74, 6) is 0. The Balaban J connectivity index is 0.00000480. The number of hydrogen-bond donors (Lipinski definition) is 0. The van der Waals surface area contributed by atoms with Crippen LogP contribution in [0.3, 0.4) is 0 Å². The van der Waals surface area contributed by atoms with E-state index in [4.69, 9.17) is 19.9 Å². The Morgan fingerprint density at radius 3 is 1.22 bits per heavy atom. The Labute approximate surface area is 287 Å². The number of rotatable bonds is 17. The summed E-state index contributed by atoms with van der Waals surface area (Å²) < 4.78 is 0. The number of hydrogen-bond acceptors (Lipinski definition) is 2. The molecule has 5 rings (SSSR count). The van der Waals surface area contributed by atoms with Crippen LogP contribution in [0.15, 0.2) is 36.9 Å². The van der Waals surface area contributed by atoms with Gasteiger partial charge in [-0.15, -0.1) is 28.6 Å². The average molecular weight is 660 g/mol. The second-order valence-electron chi connectivity index (χ2n) is 12.7. The van der Waals surface area contributed by atoms with Crippen LogP contribution >= 0.6 is 0 Å². The van der Waals surface area contributed by atoms with Crippen molar-refractivity contribution in [1.29, 1.82) is 0 Å². The molecule has 3 aromatic heterocycles. The summed E-state index contributed by atoms with van der Waals surface area (Å²) in [5.41, 5.74) is 13.2. The van der Waals surface area contributed by atoms with Crippen molar-refractivity contribution >= 4 is 46.4 Å². The average Bonchev–Trinajstić information content (AvgIpc) is 3.88. The molecule has 0 spiro atoms. The molecule has 0 aliphatic carbocycles. The van der Waals surface area contributed by atoms with Crippen molar-refractivity contribution < 1.29 is 16.5 Å². The predicted molar refractivity (Wildman–Crippen MR) is 194 cm³/mol. The second-order valence-corrected chi connectivity index (χ2v) is 12.7. The fraction of sp³-hybridized carbons (Fsp3) is 0.463. The maximum atomic E-state index is 5.33. The van der Waals surface area contributed by atoms with E-state index < -0.39 is 0 Å². The van der Waals surface area contributed by atoms with Crippen LogP contribution < -0.4 is 9.97 Å². The van der Waals surface area contributed by atoms with Crippen LogP contribution in [-0.4, -0.2) is 9.97 Å². The summed E-state index contributed by atoms with van der Waals surface area (Å²) in [7, 11) is 0. The zero-order valence-electron chi connectivity index (χ0n) is 28.3. The van der Waals surface area contributed by atoms with E-state index in [-0.39, 0.29) is 16.5 Å². The molecular weight excluding hydrogens is 607 g/mol.